The standard InChI is InChI=1S/C14H21F2NO2.ClH/c1-9(2)3-8-12(18)13(17)10-4-6-11(7-5-10)19-14(15)16;/h4-7,9,12-14,18H,3,8,17H2,1-2H3;1H/t12-,13+;/m0./s1. The summed E-state index contributed by atoms with van der Waals surface area (Å²) in [5, 5.41) is 9.96. The van der Waals surface area contributed by atoms with Gasteiger partial charge in [0.05, 0.1) is 12.1 Å². The molecule has 0 saturated carbocycles. The van der Waals surface area contributed by atoms with Gasteiger partial charge >= 0.3 is 6.61 Å². The van der Waals surface area contributed by atoms with Crippen molar-refractivity contribution in [3.8, 4) is 5.75 Å². The number of halogens is 3. The number of aliphatic hydroxyl groups excluding tert-OH is 1. The minimum Gasteiger partial charge on any atom is -0.435 e. The smallest absolute Gasteiger partial charge is 0.387 e. The van der Waals surface area contributed by atoms with Crippen LogP contribution in [-0.4, -0.2) is 17.8 Å². The summed E-state index contributed by atoms with van der Waals surface area (Å²) >= 11 is 0. The predicted molar refractivity (Wildman–Crippen MR) is 77.3 cm³/mol. The van der Waals surface area contributed by atoms with Crippen LogP contribution in [0.5, 0.6) is 5.75 Å². The molecular formula is C14H22ClF2NO2. The van der Waals surface area contributed by atoms with E-state index in [9.17, 15) is 13.9 Å². The van der Waals surface area contributed by atoms with Crippen molar-refractivity contribution in [2.45, 2.75) is 45.4 Å². The molecule has 0 aliphatic heterocycles. The van der Waals surface area contributed by atoms with Gasteiger partial charge in [0.1, 0.15) is 5.75 Å². The Bertz CT molecular complexity index is 374. The van der Waals surface area contributed by atoms with Crippen molar-refractivity contribution in [2.75, 3.05) is 0 Å². The first-order chi connectivity index (χ1) is 8.90. The molecule has 1 aromatic rings. The van der Waals surface area contributed by atoms with E-state index in [1.165, 1.54) is 12.1 Å². The van der Waals surface area contributed by atoms with E-state index < -0.39 is 18.8 Å². The zero-order valence-electron chi connectivity index (χ0n) is 11.6. The van der Waals surface area contributed by atoms with Gasteiger partial charge in [0.25, 0.3) is 0 Å². The average Bonchev–Trinajstić information content (AvgIpc) is 2.35. The van der Waals surface area contributed by atoms with Gasteiger partial charge in [-0.2, -0.15) is 8.78 Å². The maximum atomic E-state index is 12.0. The number of rotatable bonds is 7. The molecule has 0 spiro atoms. The molecule has 0 aliphatic rings. The topological polar surface area (TPSA) is 55.5 Å². The van der Waals surface area contributed by atoms with Gasteiger partial charge < -0.3 is 15.6 Å². The van der Waals surface area contributed by atoms with Crippen LogP contribution in [0.1, 0.15) is 38.3 Å². The highest BCUT2D eigenvalue weighted by Crippen LogP contribution is 2.22. The van der Waals surface area contributed by atoms with Gasteiger partial charge in [0.2, 0.25) is 0 Å². The highest BCUT2D eigenvalue weighted by Gasteiger charge is 2.17. The fraction of sp³-hybridized carbons (Fsp3) is 0.571. The van der Waals surface area contributed by atoms with E-state index in [2.05, 4.69) is 18.6 Å². The maximum Gasteiger partial charge on any atom is 0.387 e. The Hall–Kier alpha value is -0.910. The Morgan fingerprint density at radius 2 is 1.70 bits per heavy atom. The zero-order chi connectivity index (χ0) is 14.4. The van der Waals surface area contributed by atoms with E-state index in [0.29, 0.717) is 17.9 Å². The van der Waals surface area contributed by atoms with Crippen molar-refractivity contribution >= 4 is 12.4 Å². The van der Waals surface area contributed by atoms with Gasteiger partial charge in [-0.05, 0) is 36.5 Å². The molecule has 20 heavy (non-hydrogen) atoms. The first kappa shape index (κ1) is 19.1. The number of ether oxygens (including phenoxy) is 1. The molecule has 0 fully saturated rings. The van der Waals surface area contributed by atoms with E-state index in [1.54, 1.807) is 12.1 Å². The van der Waals surface area contributed by atoms with Crippen molar-refractivity contribution in [3.05, 3.63) is 29.8 Å². The van der Waals surface area contributed by atoms with E-state index in [0.717, 1.165) is 6.42 Å². The van der Waals surface area contributed by atoms with Crippen LogP contribution < -0.4 is 10.5 Å². The molecule has 0 saturated heterocycles. The minimum absolute atomic E-state index is 0. The summed E-state index contributed by atoms with van der Waals surface area (Å²) in [6.07, 6.45) is 0.875. The first-order valence-corrected chi connectivity index (χ1v) is 6.38. The van der Waals surface area contributed by atoms with Crippen molar-refractivity contribution < 1.29 is 18.6 Å². The Morgan fingerprint density at radius 1 is 1.15 bits per heavy atom. The molecule has 0 aromatic heterocycles. The van der Waals surface area contributed by atoms with E-state index in [-0.39, 0.29) is 18.2 Å². The molecule has 6 heteroatoms. The van der Waals surface area contributed by atoms with Gasteiger partial charge in [0.15, 0.2) is 0 Å². The molecule has 0 amide bonds. The van der Waals surface area contributed by atoms with Crippen LogP contribution in [0.25, 0.3) is 0 Å². The first-order valence-electron chi connectivity index (χ1n) is 6.38. The van der Waals surface area contributed by atoms with Gasteiger partial charge in [-0.15, -0.1) is 12.4 Å². The van der Waals surface area contributed by atoms with E-state index in [1.807, 2.05) is 0 Å². The molecule has 0 heterocycles. The molecular weight excluding hydrogens is 288 g/mol. The lowest BCUT2D eigenvalue weighted by molar-refractivity contribution is -0.0498. The number of benzene rings is 1. The highest BCUT2D eigenvalue weighted by atomic mass is 35.5. The molecule has 3 nitrogen and oxygen atoms in total. The number of hydrogen-bond donors (Lipinski definition) is 2. The summed E-state index contributed by atoms with van der Waals surface area (Å²) < 4.78 is 28.2. The summed E-state index contributed by atoms with van der Waals surface area (Å²) in [6, 6.07) is 5.54. The van der Waals surface area contributed by atoms with Crippen LogP contribution >= 0.6 is 12.4 Å². The Morgan fingerprint density at radius 3 is 2.15 bits per heavy atom. The van der Waals surface area contributed by atoms with Crippen molar-refractivity contribution in [1.29, 1.82) is 0 Å². The van der Waals surface area contributed by atoms with Gasteiger partial charge in [-0.1, -0.05) is 26.0 Å². The minimum atomic E-state index is -2.84. The summed E-state index contributed by atoms with van der Waals surface area (Å²) in [6.45, 7) is 1.32. The lowest BCUT2D eigenvalue weighted by atomic mass is 9.96. The van der Waals surface area contributed by atoms with Crippen LogP contribution in [0.3, 0.4) is 0 Å². The molecule has 0 unspecified atom stereocenters. The Kier molecular flexibility index (Phi) is 8.69. The Labute approximate surface area is 124 Å². The summed E-state index contributed by atoms with van der Waals surface area (Å²) in [4.78, 5) is 0. The van der Waals surface area contributed by atoms with Crippen LogP contribution in [0.15, 0.2) is 24.3 Å². The number of alkyl halides is 2. The Balaban J connectivity index is 0.00000361. The van der Waals surface area contributed by atoms with Gasteiger partial charge in [0, 0.05) is 0 Å². The maximum absolute atomic E-state index is 12.0. The lowest BCUT2D eigenvalue weighted by Crippen LogP contribution is -2.26. The fourth-order valence-corrected chi connectivity index (χ4v) is 1.78. The van der Waals surface area contributed by atoms with E-state index >= 15 is 0 Å². The van der Waals surface area contributed by atoms with Gasteiger partial charge in [-0.3, -0.25) is 0 Å². The fourth-order valence-electron chi connectivity index (χ4n) is 1.78. The molecule has 0 bridgehead atoms. The largest absolute Gasteiger partial charge is 0.435 e. The summed E-state index contributed by atoms with van der Waals surface area (Å²) in [5.41, 5.74) is 6.64. The third kappa shape index (κ3) is 6.50. The third-order valence-electron chi connectivity index (χ3n) is 2.94. The number of nitrogens with two attached hydrogens (primary N) is 1. The normalized spacial score (nSPS) is 14.0. The second kappa shape index (κ2) is 9.10. The molecule has 3 N–H and O–H groups in total. The molecule has 2 atom stereocenters. The van der Waals surface area contributed by atoms with Crippen molar-refractivity contribution in [3.63, 3.8) is 0 Å². The molecule has 116 valence electrons. The quantitative estimate of drug-likeness (QED) is 0.810. The van der Waals surface area contributed by atoms with Crippen LogP contribution in [0, 0.1) is 5.92 Å². The molecule has 1 rings (SSSR count). The second-order valence-electron chi connectivity index (χ2n) is 5.01. The van der Waals surface area contributed by atoms with Gasteiger partial charge in [-0.25, -0.2) is 0 Å². The number of hydrogen-bond acceptors (Lipinski definition) is 3. The van der Waals surface area contributed by atoms with Crippen LogP contribution in [0.4, 0.5) is 8.78 Å². The zero-order valence-corrected chi connectivity index (χ0v) is 12.4. The average molecular weight is 310 g/mol. The van der Waals surface area contributed by atoms with E-state index in [4.69, 9.17) is 5.73 Å². The van der Waals surface area contributed by atoms with Crippen molar-refractivity contribution in [1.82, 2.24) is 0 Å². The molecule has 1 aromatic carbocycles. The number of aliphatic hydroxyl groups is 1. The third-order valence-corrected chi connectivity index (χ3v) is 2.94. The van der Waals surface area contributed by atoms with Crippen LogP contribution in [-0.2, 0) is 0 Å². The van der Waals surface area contributed by atoms with Crippen molar-refractivity contribution in [2.24, 2.45) is 11.7 Å². The SMILES string of the molecule is CC(C)CC[C@H](O)[C@H](N)c1ccc(OC(F)F)cc1.Cl. The highest BCUT2D eigenvalue weighted by molar-refractivity contribution is 5.85. The van der Waals surface area contributed by atoms with Crippen LogP contribution in [0.2, 0.25) is 0 Å². The molecule has 0 aliphatic carbocycles. The lowest BCUT2D eigenvalue weighted by Gasteiger charge is -2.20. The summed E-state index contributed by atoms with van der Waals surface area (Å²) in [7, 11) is 0. The monoisotopic (exact) mass is 309 g/mol. The predicted octanol–water partition coefficient (Wildman–Crippen LogP) is 3.51. The summed E-state index contributed by atoms with van der Waals surface area (Å²) in [5.74, 6) is 0.589. The second-order valence-corrected chi connectivity index (χ2v) is 5.01. The molecule has 0 radical (unpaired) electrons.